The Hall–Kier alpha value is -0.420. The van der Waals surface area contributed by atoms with Gasteiger partial charge in [0.1, 0.15) is 5.60 Å². The average molecular weight is 331 g/mol. The van der Waals surface area contributed by atoms with Crippen LogP contribution in [0.15, 0.2) is 0 Å². The summed E-state index contributed by atoms with van der Waals surface area (Å²) >= 11 is 2.01. The summed E-state index contributed by atoms with van der Waals surface area (Å²) in [5, 5.41) is 3.65. The third-order valence-electron chi connectivity index (χ3n) is 3.92. The molecule has 4 nitrogen and oxygen atoms in total. The average Bonchev–Trinajstić information content (AvgIpc) is 2.44. The van der Waals surface area contributed by atoms with E-state index in [0.717, 1.165) is 32.5 Å². The van der Waals surface area contributed by atoms with Crippen LogP contribution in [0.2, 0.25) is 0 Å². The molecule has 0 aliphatic carbocycles. The van der Waals surface area contributed by atoms with Crippen molar-refractivity contribution in [1.29, 1.82) is 0 Å². The third-order valence-corrected chi connectivity index (χ3v) is 4.85. The molecule has 1 unspecified atom stereocenters. The van der Waals surface area contributed by atoms with Crippen LogP contribution in [0, 0.1) is 5.92 Å². The van der Waals surface area contributed by atoms with Crippen LogP contribution >= 0.6 is 11.8 Å². The minimum Gasteiger partial charge on any atom is -0.444 e. The molecule has 0 bridgehead atoms. The fourth-order valence-corrected chi connectivity index (χ4v) is 3.33. The van der Waals surface area contributed by atoms with Gasteiger partial charge in [-0.15, -0.1) is 0 Å². The molecule has 1 fully saturated rings. The molecule has 0 aromatic rings. The Balaban J connectivity index is 2.18. The number of carbonyl (C=O) groups excluding carboxylic acids is 1. The lowest BCUT2D eigenvalue weighted by Crippen LogP contribution is -2.44. The first-order chi connectivity index (χ1) is 10.3. The number of thioether (sulfide) groups is 1. The number of hydrogen-bond acceptors (Lipinski definition) is 4. The third kappa shape index (κ3) is 8.28. The summed E-state index contributed by atoms with van der Waals surface area (Å²) < 4.78 is 5.43. The van der Waals surface area contributed by atoms with Crippen LogP contribution in [0.3, 0.4) is 0 Å². The molecular formula is C17H34N2O2S. The molecule has 0 aromatic carbocycles. The Morgan fingerprint density at radius 3 is 2.55 bits per heavy atom. The predicted molar refractivity (Wildman–Crippen MR) is 95.6 cm³/mol. The molecule has 0 aromatic heterocycles. The summed E-state index contributed by atoms with van der Waals surface area (Å²) in [6.45, 7) is 12.9. The smallest absolute Gasteiger partial charge is 0.410 e. The van der Waals surface area contributed by atoms with Crippen LogP contribution in [-0.2, 0) is 4.74 Å². The zero-order valence-corrected chi connectivity index (χ0v) is 15.8. The van der Waals surface area contributed by atoms with Gasteiger partial charge in [0.25, 0.3) is 0 Å². The van der Waals surface area contributed by atoms with E-state index in [9.17, 15) is 4.79 Å². The van der Waals surface area contributed by atoms with Crippen LogP contribution in [0.4, 0.5) is 4.79 Å². The minimum absolute atomic E-state index is 0.163. The molecule has 5 heteroatoms. The van der Waals surface area contributed by atoms with Crippen molar-refractivity contribution in [3.63, 3.8) is 0 Å². The molecular weight excluding hydrogens is 296 g/mol. The van der Waals surface area contributed by atoms with Gasteiger partial charge in [-0.2, -0.15) is 11.8 Å². The number of nitrogens with zero attached hydrogens (tertiary/aromatic N) is 1. The first kappa shape index (κ1) is 19.6. The molecule has 0 radical (unpaired) electrons. The van der Waals surface area contributed by atoms with Crippen molar-refractivity contribution in [1.82, 2.24) is 10.2 Å². The van der Waals surface area contributed by atoms with Crippen LogP contribution in [0.1, 0.15) is 53.9 Å². The summed E-state index contributed by atoms with van der Waals surface area (Å²) in [5.74, 6) is 3.12. The second-order valence-corrected chi connectivity index (χ2v) is 8.60. The molecule has 22 heavy (non-hydrogen) atoms. The Morgan fingerprint density at radius 2 is 2.00 bits per heavy atom. The summed E-state index contributed by atoms with van der Waals surface area (Å²) in [6, 6.07) is 0.586. The van der Waals surface area contributed by atoms with Gasteiger partial charge in [0.15, 0.2) is 0 Å². The first-order valence-corrected chi connectivity index (χ1v) is 9.76. The number of hydrogen-bond donors (Lipinski definition) is 1. The Labute approximate surface area is 140 Å². The number of likely N-dealkylation sites (tertiary alicyclic amines) is 1. The standard InChI is InChI=1S/C17H34N2O2S/c1-6-22-12-9-14(2)18-13-15-7-10-19(11-8-15)16(20)21-17(3,4)5/h14-15,18H,6-13H2,1-5H3. The fourth-order valence-electron chi connectivity index (χ4n) is 2.52. The Bertz CT molecular complexity index is 323. The van der Waals surface area contributed by atoms with E-state index in [1.54, 1.807) is 0 Å². The molecule has 0 saturated carbocycles. The van der Waals surface area contributed by atoms with E-state index in [-0.39, 0.29) is 6.09 Å². The maximum absolute atomic E-state index is 12.0. The molecule has 0 spiro atoms. The van der Waals surface area contributed by atoms with Gasteiger partial charge >= 0.3 is 6.09 Å². The van der Waals surface area contributed by atoms with Crippen molar-refractivity contribution in [2.24, 2.45) is 5.92 Å². The van der Waals surface area contributed by atoms with Crippen molar-refractivity contribution in [2.75, 3.05) is 31.1 Å². The van der Waals surface area contributed by atoms with Crippen LogP contribution in [0.5, 0.6) is 0 Å². The molecule has 130 valence electrons. The van der Waals surface area contributed by atoms with Gasteiger partial charge in [-0.3, -0.25) is 0 Å². The monoisotopic (exact) mass is 330 g/mol. The minimum atomic E-state index is -0.401. The molecule has 1 rings (SSSR count). The zero-order chi connectivity index (χ0) is 16.6. The van der Waals surface area contributed by atoms with Gasteiger partial charge in [0.2, 0.25) is 0 Å². The van der Waals surface area contributed by atoms with E-state index in [0.29, 0.717) is 12.0 Å². The van der Waals surface area contributed by atoms with Crippen molar-refractivity contribution in [3.05, 3.63) is 0 Å². The Morgan fingerprint density at radius 1 is 1.36 bits per heavy atom. The van der Waals surface area contributed by atoms with E-state index in [1.165, 1.54) is 17.9 Å². The molecule has 1 atom stereocenters. The number of nitrogens with one attached hydrogen (secondary N) is 1. The summed E-state index contributed by atoms with van der Waals surface area (Å²) in [6.07, 6.45) is 3.21. The van der Waals surface area contributed by atoms with E-state index < -0.39 is 5.60 Å². The van der Waals surface area contributed by atoms with Crippen LogP contribution in [-0.4, -0.2) is 53.8 Å². The number of carbonyl (C=O) groups is 1. The normalized spacial score (nSPS) is 18.3. The zero-order valence-electron chi connectivity index (χ0n) is 15.0. The molecule has 1 aliphatic rings. The molecule has 1 saturated heterocycles. The van der Waals surface area contributed by atoms with Crippen molar-refractivity contribution < 1.29 is 9.53 Å². The van der Waals surface area contributed by atoms with Gasteiger partial charge in [-0.1, -0.05) is 6.92 Å². The van der Waals surface area contributed by atoms with Gasteiger partial charge in [-0.25, -0.2) is 4.79 Å². The predicted octanol–water partition coefficient (Wildman–Crippen LogP) is 3.75. The highest BCUT2D eigenvalue weighted by molar-refractivity contribution is 7.99. The number of piperidine rings is 1. The van der Waals surface area contributed by atoms with Crippen molar-refractivity contribution >= 4 is 17.9 Å². The second kappa shape index (κ2) is 9.66. The number of rotatable bonds is 7. The lowest BCUT2D eigenvalue weighted by Gasteiger charge is -2.34. The van der Waals surface area contributed by atoms with E-state index in [1.807, 2.05) is 37.4 Å². The second-order valence-electron chi connectivity index (χ2n) is 7.21. The SMILES string of the molecule is CCSCCC(C)NCC1CCN(C(=O)OC(C)(C)C)CC1. The maximum Gasteiger partial charge on any atom is 0.410 e. The van der Waals surface area contributed by atoms with E-state index in [4.69, 9.17) is 4.74 Å². The van der Waals surface area contributed by atoms with Gasteiger partial charge in [0, 0.05) is 19.1 Å². The van der Waals surface area contributed by atoms with Gasteiger partial charge in [0.05, 0.1) is 0 Å². The highest BCUT2D eigenvalue weighted by atomic mass is 32.2. The molecule has 1 aliphatic heterocycles. The quantitative estimate of drug-likeness (QED) is 0.722. The summed E-state index contributed by atoms with van der Waals surface area (Å²) in [4.78, 5) is 13.9. The van der Waals surface area contributed by atoms with Gasteiger partial charge < -0.3 is 15.0 Å². The number of ether oxygens (including phenoxy) is 1. The van der Waals surface area contributed by atoms with Crippen molar-refractivity contribution in [2.45, 2.75) is 65.5 Å². The topological polar surface area (TPSA) is 41.6 Å². The maximum atomic E-state index is 12.0. The highest BCUT2D eigenvalue weighted by Gasteiger charge is 2.26. The largest absolute Gasteiger partial charge is 0.444 e. The van der Waals surface area contributed by atoms with Gasteiger partial charge in [-0.05, 0) is 70.9 Å². The fraction of sp³-hybridized carbons (Fsp3) is 0.941. The lowest BCUT2D eigenvalue weighted by molar-refractivity contribution is 0.0183. The summed E-state index contributed by atoms with van der Waals surface area (Å²) in [7, 11) is 0. The van der Waals surface area contributed by atoms with Crippen LogP contribution < -0.4 is 5.32 Å². The van der Waals surface area contributed by atoms with E-state index in [2.05, 4.69) is 19.2 Å². The molecule has 1 amide bonds. The molecule has 1 heterocycles. The Kier molecular flexibility index (Phi) is 8.62. The first-order valence-electron chi connectivity index (χ1n) is 8.61. The summed E-state index contributed by atoms with van der Waals surface area (Å²) in [5.41, 5.74) is -0.401. The van der Waals surface area contributed by atoms with Crippen LogP contribution in [0.25, 0.3) is 0 Å². The van der Waals surface area contributed by atoms with E-state index >= 15 is 0 Å². The lowest BCUT2D eigenvalue weighted by atomic mass is 9.96. The number of amides is 1. The van der Waals surface area contributed by atoms with Crippen molar-refractivity contribution in [3.8, 4) is 0 Å². The highest BCUT2D eigenvalue weighted by Crippen LogP contribution is 2.19. The molecule has 1 N–H and O–H groups in total.